The molecule has 0 saturated carbocycles. The molecule has 0 spiro atoms. The van der Waals surface area contributed by atoms with Crippen LogP contribution in [0.5, 0.6) is 5.75 Å². The molecule has 0 aromatic heterocycles. The monoisotopic (exact) mass is 450 g/mol. The van der Waals surface area contributed by atoms with E-state index in [9.17, 15) is 26.4 Å². The summed E-state index contributed by atoms with van der Waals surface area (Å²) in [6.07, 6.45) is -4.63. The van der Waals surface area contributed by atoms with Crippen LogP contribution in [0.1, 0.15) is 5.56 Å². The Balaban J connectivity index is 1.71. The number of nitrogens with one attached hydrogen (secondary N) is 2. The first-order chi connectivity index (χ1) is 14.7. The molecule has 0 heterocycles. The van der Waals surface area contributed by atoms with E-state index >= 15 is 0 Å². The molecule has 0 fully saturated rings. The van der Waals surface area contributed by atoms with Gasteiger partial charge in [0, 0.05) is 0 Å². The molecule has 0 aliphatic carbocycles. The van der Waals surface area contributed by atoms with Gasteiger partial charge in [-0.2, -0.15) is 13.2 Å². The van der Waals surface area contributed by atoms with Crippen LogP contribution in [0, 0.1) is 0 Å². The molecule has 3 rings (SSSR count). The fourth-order valence-electron chi connectivity index (χ4n) is 2.64. The molecule has 162 valence electrons. The van der Waals surface area contributed by atoms with Crippen molar-refractivity contribution in [3.63, 3.8) is 0 Å². The number of halogens is 3. The Morgan fingerprint density at radius 2 is 1.42 bits per heavy atom. The van der Waals surface area contributed by atoms with E-state index in [1.807, 2.05) is 0 Å². The van der Waals surface area contributed by atoms with E-state index in [2.05, 4.69) is 10.0 Å². The van der Waals surface area contributed by atoms with Gasteiger partial charge in [0.2, 0.25) is 0 Å². The van der Waals surface area contributed by atoms with Gasteiger partial charge >= 0.3 is 6.18 Å². The first-order valence-electron chi connectivity index (χ1n) is 8.92. The third-order valence-corrected chi connectivity index (χ3v) is 5.43. The molecule has 0 radical (unpaired) electrons. The van der Waals surface area contributed by atoms with Gasteiger partial charge in [-0.05, 0) is 36.4 Å². The van der Waals surface area contributed by atoms with Crippen molar-refractivity contribution in [3.05, 3.63) is 84.4 Å². The van der Waals surface area contributed by atoms with Gasteiger partial charge in [-0.15, -0.1) is 0 Å². The number of ether oxygens (including phenoxy) is 1. The van der Waals surface area contributed by atoms with Crippen LogP contribution in [0.4, 0.5) is 24.5 Å². The van der Waals surface area contributed by atoms with Crippen LogP contribution in [-0.4, -0.2) is 20.9 Å². The molecule has 0 unspecified atom stereocenters. The molecule has 6 nitrogen and oxygen atoms in total. The lowest BCUT2D eigenvalue weighted by molar-refractivity contribution is -0.139. The van der Waals surface area contributed by atoms with Crippen molar-refractivity contribution in [2.45, 2.75) is 11.1 Å². The average Bonchev–Trinajstić information content (AvgIpc) is 2.74. The predicted octanol–water partition coefficient (Wildman–Crippen LogP) is 4.52. The van der Waals surface area contributed by atoms with Gasteiger partial charge in [0.1, 0.15) is 5.75 Å². The van der Waals surface area contributed by atoms with E-state index < -0.39 is 40.0 Å². The van der Waals surface area contributed by atoms with Crippen molar-refractivity contribution in [2.24, 2.45) is 0 Å². The zero-order valence-corrected chi connectivity index (χ0v) is 16.7. The van der Waals surface area contributed by atoms with Gasteiger partial charge in [0.05, 0.1) is 21.8 Å². The number of benzene rings is 3. The molecular formula is C21H17F3N2O4S. The topological polar surface area (TPSA) is 84.5 Å². The molecular weight excluding hydrogens is 433 g/mol. The fourth-order valence-corrected chi connectivity index (χ4v) is 3.74. The summed E-state index contributed by atoms with van der Waals surface area (Å²) in [5.74, 6) is -1.24. The van der Waals surface area contributed by atoms with E-state index in [-0.39, 0.29) is 16.3 Å². The van der Waals surface area contributed by atoms with Crippen LogP contribution < -0.4 is 14.8 Å². The molecule has 0 aliphatic rings. The molecule has 31 heavy (non-hydrogen) atoms. The highest BCUT2D eigenvalue weighted by Crippen LogP contribution is 2.35. The quantitative estimate of drug-likeness (QED) is 0.554. The molecule has 3 aromatic carbocycles. The number of anilines is 2. The van der Waals surface area contributed by atoms with E-state index in [0.717, 1.165) is 12.1 Å². The Labute approximate surface area is 176 Å². The Morgan fingerprint density at radius 3 is 2.10 bits per heavy atom. The summed E-state index contributed by atoms with van der Waals surface area (Å²) in [6, 6.07) is 18.2. The summed E-state index contributed by atoms with van der Waals surface area (Å²) in [5, 5.41) is 2.44. The van der Waals surface area contributed by atoms with E-state index in [1.165, 1.54) is 36.4 Å². The normalized spacial score (nSPS) is 11.6. The number of hydrogen-bond acceptors (Lipinski definition) is 4. The maximum absolute atomic E-state index is 13.0. The van der Waals surface area contributed by atoms with Gasteiger partial charge in [-0.1, -0.05) is 42.5 Å². The van der Waals surface area contributed by atoms with E-state index in [0.29, 0.717) is 0 Å². The smallest absolute Gasteiger partial charge is 0.419 e. The highest BCUT2D eigenvalue weighted by molar-refractivity contribution is 7.92. The molecule has 0 aliphatic heterocycles. The van der Waals surface area contributed by atoms with Crippen LogP contribution in [-0.2, 0) is 21.0 Å². The van der Waals surface area contributed by atoms with Crippen LogP contribution in [0.15, 0.2) is 83.8 Å². The minimum absolute atomic E-state index is 0.0308. The Morgan fingerprint density at radius 1 is 0.839 bits per heavy atom. The number of sulfonamides is 1. The lowest BCUT2D eigenvalue weighted by Gasteiger charge is -2.15. The summed E-state index contributed by atoms with van der Waals surface area (Å²) in [6.45, 7) is -0.702. The molecule has 1 amide bonds. The van der Waals surface area contributed by atoms with Gasteiger partial charge in [0.15, 0.2) is 6.61 Å². The minimum Gasteiger partial charge on any atom is -0.483 e. The van der Waals surface area contributed by atoms with Crippen LogP contribution in [0.3, 0.4) is 0 Å². The third-order valence-electron chi connectivity index (χ3n) is 4.05. The van der Waals surface area contributed by atoms with Crippen molar-refractivity contribution < 1.29 is 31.1 Å². The average molecular weight is 450 g/mol. The van der Waals surface area contributed by atoms with Crippen molar-refractivity contribution in [1.82, 2.24) is 0 Å². The molecule has 10 heteroatoms. The van der Waals surface area contributed by atoms with Crippen LogP contribution in [0.2, 0.25) is 0 Å². The second kappa shape index (κ2) is 9.09. The lowest BCUT2D eigenvalue weighted by Crippen LogP contribution is -2.22. The molecule has 0 atom stereocenters. The van der Waals surface area contributed by atoms with Gasteiger partial charge in [0.25, 0.3) is 15.9 Å². The standard InChI is InChI=1S/C21H17F3N2O4S/c22-21(23,24)16-10-4-7-13-19(16)30-14-20(27)25-17-11-5-6-12-18(17)26-31(28,29)15-8-2-1-3-9-15/h1-13,26H,14H2,(H,25,27). The van der Waals surface area contributed by atoms with Gasteiger partial charge in [-0.3, -0.25) is 9.52 Å². The van der Waals surface area contributed by atoms with Crippen molar-refractivity contribution in [1.29, 1.82) is 0 Å². The number of hydrogen-bond donors (Lipinski definition) is 2. The second-order valence-corrected chi connectivity index (χ2v) is 7.98. The predicted molar refractivity (Wildman–Crippen MR) is 109 cm³/mol. The SMILES string of the molecule is O=C(COc1ccccc1C(F)(F)F)Nc1ccccc1NS(=O)(=O)c1ccccc1. The van der Waals surface area contributed by atoms with Crippen LogP contribution >= 0.6 is 0 Å². The first kappa shape index (κ1) is 22.2. The second-order valence-electron chi connectivity index (χ2n) is 6.29. The number of para-hydroxylation sites is 3. The number of carbonyl (C=O) groups is 1. The van der Waals surface area contributed by atoms with E-state index in [1.54, 1.807) is 30.3 Å². The zero-order chi connectivity index (χ0) is 22.5. The number of alkyl halides is 3. The fraction of sp³-hybridized carbons (Fsp3) is 0.0952. The molecule has 2 N–H and O–H groups in total. The summed E-state index contributed by atoms with van der Waals surface area (Å²) in [4.78, 5) is 12.3. The van der Waals surface area contributed by atoms with Gasteiger partial charge < -0.3 is 10.1 Å². The van der Waals surface area contributed by atoms with Crippen LogP contribution in [0.25, 0.3) is 0 Å². The molecule has 3 aromatic rings. The Hall–Kier alpha value is -3.53. The van der Waals surface area contributed by atoms with E-state index in [4.69, 9.17) is 4.74 Å². The maximum Gasteiger partial charge on any atom is 0.419 e. The molecule has 0 bridgehead atoms. The number of amides is 1. The first-order valence-corrected chi connectivity index (χ1v) is 10.4. The summed E-state index contributed by atoms with van der Waals surface area (Å²) >= 11 is 0. The summed E-state index contributed by atoms with van der Waals surface area (Å²) < 4.78 is 71.5. The maximum atomic E-state index is 13.0. The van der Waals surface area contributed by atoms with Crippen molar-refractivity contribution in [3.8, 4) is 5.75 Å². The largest absolute Gasteiger partial charge is 0.483 e. The van der Waals surface area contributed by atoms with Crippen molar-refractivity contribution >= 4 is 27.3 Å². The van der Waals surface area contributed by atoms with Gasteiger partial charge in [-0.25, -0.2) is 8.42 Å². The lowest BCUT2D eigenvalue weighted by atomic mass is 10.2. The Kier molecular flexibility index (Phi) is 6.50. The minimum atomic E-state index is -4.63. The highest BCUT2D eigenvalue weighted by atomic mass is 32.2. The highest BCUT2D eigenvalue weighted by Gasteiger charge is 2.34. The number of rotatable bonds is 7. The summed E-state index contributed by atoms with van der Waals surface area (Å²) in [7, 11) is -3.91. The molecule has 0 saturated heterocycles. The summed E-state index contributed by atoms with van der Waals surface area (Å²) in [5.41, 5.74) is -0.783. The van der Waals surface area contributed by atoms with Crippen molar-refractivity contribution in [2.75, 3.05) is 16.6 Å². The third kappa shape index (κ3) is 5.76. The Bertz CT molecular complexity index is 1170. The number of carbonyl (C=O) groups excluding carboxylic acids is 1. The zero-order valence-electron chi connectivity index (χ0n) is 15.9.